The summed E-state index contributed by atoms with van der Waals surface area (Å²) in [5.74, 6) is 1.53. The standard InChI is InChI=1S/C13H16N4O2S/c1-17-6-5-15-13(17)20-8-10-7-9(12(14)16-18)3-4-11(10)19-2/h3-7,18H,8H2,1-2H3,(H2,14,16). The molecule has 0 saturated carbocycles. The maximum absolute atomic E-state index is 8.74. The summed E-state index contributed by atoms with van der Waals surface area (Å²) in [5.41, 5.74) is 7.22. The summed E-state index contributed by atoms with van der Waals surface area (Å²) in [7, 11) is 3.56. The van der Waals surface area contributed by atoms with Crippen molar-refractivity contribution in [3.8, 4) is 5.75 Å². The Hall–Kier alpha value is -2.15. The minimum Gasteiger partial charge on any atom is -0.496 e. The summed E-state index contributed by atoms with van der Waals surface area (Å²) in [6.07, 6.45) is 3.65. The first-order chi connectivity index (χ1) is 9.65. The van der Waals surface area contributed by atoms with E-state index in [0.29, 0.717) is 11.3 Å². The van der Waals surface area contributed by atoms with Crippen LogP contribution in [-0.4, -0.2) is 27.7 Å². The molecule has 0 aliphatic carbocycles. The molecule has 3 N–H and O–H groups in total. The maximum atomic E-state index is 8.74. The highest BCUT2D eigenvalue weighted by Crippen LogP contribution is 2.27. The normalized spacial score (nSPS) is 11.6. The summed E-state index contributed by atoms with van der Waals surface area (Å²) in [6.45, 7) is 0. The SMILES string of the molecule is COc1ccc(/C(N)=N/O)cc1CSc1nccn1C. The van der Waals surface area contributed by atoms with E-state index >= 15 is 0 Å². The van der Waals surface area contributed by atoms with Crippen molar-refractivity contribution in [1.82, 2.24) is 9.55 Å². The Morgan fingerprint density at radius 3 is 2.95 bits per heavy atom. The second kappa shape index (κ2) is 6.33. The van der Waals surface area contributed by atoms with Crippen LogP contribution in [0.25, 0.3) is 0 Å². The molecule has 0 aliphatic rings. The molecule has 1 aromatic carbocycles. The zero-order chi connectivity index (χ0) is 14.5. The number of aromatic nitrogens is 2. The van der Waals surface area contributed by atoms with Crippen LogP contribution in [0.2, 0.25) is 0 Å². The molecule has 20 heavy (non-hydrogen) atoms. The molecule has 7 heteroatoms. The Morgan fingerprint density at radius 2 is 2.35 bits per heavy atom. The molecule has 6 nitrogen and oxygen atoms in total. The van der Waals surface area contributed by atoms with Crippen LogP contribution in [0.3, 0.4) is 0 Å². The Kier molecular flexibility index (Phi) is 4.52. The molecule has 1 heterocycles. The van der Waals surface area contributed by atoms with E-state index in [1.165, 1.54) is 0 Å². The fourth-order valence-electron chi connectivity index (χ4n) is 1.74. The van der Waals surface area contributed by atoms with Crippen LogP contribution in [0.4, 0.5) is 0 Å². The van der Waals surface area contributed by atoms with Gasteiger partial charge in [-0.15, -0.1) is 0 Å². The quantitative estimate of drug-likeness (QED) is 0.289. The van der Waals surface area contributed by atoms with E-state index in [1.807, 2.05) is 29.9 Å². The van der Waals surface area contributed by atoms with Crippen molar-refractivity contribution in [3.63, 3.8) is 0 Å². The van der Waals surface area contributed by atoms with Crippen molar-refractivity contribution in [2.75, 3.05) is 7.11 Å². The third-order valence-corrected chi connectivity index (χ3v) is 3.92. The van der Waals surface area contributed by atoms with E-state index in [4.69, 9.17) is 15.7 Å². The highest BCUT2D eigenvalue weighted by molar-refractivity contribution is 7.98. The zero-order valence-corrected chi connectivity index (χ0v) is 12.1. The van der Waals surface area contributed by atoms with Crippen molar-refractivity contribution in [1.29, 1.82) is 0 Å². The van der Waals surface area contributed by atoms with Gasteiger partial charge in [-0.3, -0.25) is 0 Å². The monoisotopic (exact) mass is 292 g/mol. The van der Waals surface area contributed by atoms with Gasteiger partial charge in [0.1, 0.15) is 5.75 Å². The van der Waals surface area contributed by atoms with Gasteiger partial charge in [-0.1, -0.05) is 16.9 Å². The number of nitrogens with zero attached hydrogens (tertiary/aromatic N) is 3. The number of oxime groups is 1. The molecule has 2 rings (SSSR count). The third-order valence-electron chi connectivity index (χ3n) is 2.82. The van der Waals surface area contributed by atoms with Gasteiger partial charge in [-0.05, 0) is 18.2 Å². The Labute approximate surface area is 121 Å². The van der Waals surface area contributed by atoms with Crippen molar-refractivity contribution in [2.45, 2.75) is 10.9 Å². The average Bonchev–Trinajstić information content (AvgIpc) is 2.89. The van der Waals surface area contributed by atoms with Crippen LogP contribution >= 0.6 is 11.8 Å². The smallest absolute Gasteiger partial charge is 0.170 e. The van der Waals surface area contributed by atoms with Gasteiger partial charge < -0.3 is 20.2 Å². The van der Waals surface area contributed by atoms with Gasteiger partial charge in [-0.2, -0.15) is 0 Å². The molecule has 0 unspecified atom stereocenters. The molecule has 106 valence electrons. The van der Waals surface area contributed by atoms with Crippen LogP contribution in [0.1, 0.15) is 11.1 Å². The van der Waals surface area contributed by atoms with Gasteiger partial charge in [0.2, 0.25) is 0 Å². The van der Waals surface area contributed by atoms with E-state index in [-0.39, 0.29) is 5.84 Å². The van der Waals surface area contributed by atoms with Gasteiger partial charge in [0, 0.05) is 36.3 Å². The van der Waals surface area contributed by atoms with E-state index in [1.54, 1.807) is 31.1 Å². The largest absolute Gasteiger partial charge is 0.496 e. The molecule has 0 saturated heterocycles. The van der Waals surface area contributed by atoms with Crippen LogP contribution in [0.5, 0.6) is 5.75 Å². The van der Waals surface area contributed by atoms with Crippen LogP contribution in [-0.2, 0) is 12.8 Å². The van der Waals surface area contributed by atoms with Crippen LogP contribution in [0, 0.1) is 0 Å². The van der Waals surface area contributed by atoms with E-state index in [2.05, 4.69) is 10.1 Å². The number of benzene rings is 1. The first-order valence-corrected chi connectivity index (χ1v) is 6.89. The molecule has 0 atom stereocenters. The van der Waals surface area contributed by atoms with Crippen LogP contribution in [0.15, 0.2) is 40.9 Å². The van der Waals surface area contributed by atoms with Crippen molar-refractivity contribution in [2.24, 2.45) is 17.9 Å². The molecule has 0 radical (unpaired) electrons. The first kappa shape index (κ1) is 14.3. The van der Waals surface area contributed by atoms with Crippen molar-refractivity contribution >= 4 is 17.6 Å². The third kappa shape index (κ3) is 3.05. The first-order valence-electron chi connectivity index (χ1n) is 5.90. The molecule has 0 aliphatic heterocycles. The summed E-state index contributed by atoms with van der Waals surface area (Å²) in [6, 6.07) is 5.41. The van der Waals surface area contributed by atoms with Gasteiger partial charge >= 0.3 is 0 Å². The Bertz CT molecular complexity index is 625. The molecular formula is C13H16N4O2S. The number of aryl methyl sites for hydroxylation is 1. The molecular weight excluding hydrogens is 276 g/mol. The lowest BCUT2D eigenvalue weighted by atomic mass is 10.1. The van der Waals surface area contributed by atoms with E-state index in [9.17, 15) is 0 Å². The fraction of sp³-hybridized carbons (Fsp3) is 0.231. The summed E-state index contributed by atoms with van der Waals surface area (Å²) in [5, 5.41) is 12.7. The number of hydrogen-bond acceptors (Lipinski definition) is 5. The Morgan fingerprint density at radius 1 is 1.55 bits per heavy atom. The fourth-order valence-corrected chi connectivity index (χ4v) is 2.65. The molecule has 0 bridgehead atoms. The number of imidazole rings is 1. The van der Waals surface area contributed by atoms with Crippen molar-refractivity contribution < 1.29 is 9.94 Å². The molecule has 0 amide bonds. The summed E-state index contributed by atoms with van der Waals surface area (Å²) in [4.78, 5) is 4.26. The molecule has 0 fully saturated rings. The number of methoxy groups -OCH3 is 1. The topological polar surface area (TPSA) is 85.7 Å². The second-order valence-corrected chi connectivity index (χ2v) is 5.06. The predicted molar refractivity (Wildman–Crippen MR) is 78.3 cm³/mol. The average molecular weight is 292 g/mol. The lowest BCUT2D eigenvalue weighted by Gasteiger charge is -2.10. The zero-order valence-electron chi connectivity index (χ0n) is 11.3. The van der Waals surface area contributed by atoms with E-state index in [0.717, 1.165) is 16.5 Å². The number of hydrogen-bond donors (Lipinski definition) is 2. The Balaban J connectivity index is 2.22. The molecule has 1 aromatic heterocycles. The predicted octanol–water partition coefficient (Wildman–Crippen LogP) is 1.82. The lowest BCUT2D eigenvalue weighted by molar-refractivity contribution is 0.318. The van der Waals surface area contributed by atoms with Crippen molar-refractivity contribution in [3.05, 3.63) is 41.7 Å². The van der Waals surface area contributed by atoms with Crippen LogP contribution < -0.4 is 10.5 Å². The van der Waals surface area contributed by atoms with Gasteiger partial charge in [-0.25, -0.2) is 4.98 Å². The highest BCUT2D eigenvalue weighted by atomic mass is 32.2. The highest BCUT2D eigenvalue weighted by Gasteiger charge is 2.09. The number of ether oxygens (including phenoxy) is 1. The van der Waals surface area contributed by atoms with Gasteiger partial charge in [0.05, 0.1) is 7.11 Å². The summed E-state index contributed by atoms with van der Waals surface area (Å²) >= 11 is 1.59. The molecule has 0 spiro atoms. The second-order valence-electron chi connectivity index (χ2n) is 4.12. The lowest BCUT2D eigenvalue weighted by Crippen LogP contribution is -2.13. The number of rotatable bonds is 5. The van der Waals surface area contributed by atoms with E-state index < -0.39 is 0 Å². The van der Waals surface area contributed by atoms with Gasteiger partial charge in [0.25, 0.3) is 0 Å². The number of thioether (sulfide) groups is 1. The number of nitrogens with two attached hydrogens (primary N) is 1. The maximum Gasteiger partial charge on any atom is 0.170 e. The van der Waals surface area contributed by atoms with Gasteiger partial charge in [0.15, 0.2) is 11.0 Å². The number of amidine groups is 1. The molecule has 2 aromatic rings. The minimum atomic E-state index is 0.0795. The summed E-state index contributed by atoms with van der Waals surface area (Å²) < 4.78 is 7.28. The minimum absolute atomic E-state index is 0.0795.